The lowest BCUT2D eigenvalue weighted by atomic mass is 9.92. The number of hydrogen-bond acceptors (Lipinski definition) is 4. The molecule has 7 heteroatoms. The van der Waals surface area contributed by atoms with E-state index >= 15 is 0 Å². The second-order valence-corrected chi connectivity index (χ2v) is 9.89. The first-order valence-electron chi connectivity index (χ1n) is 12.8. The van der Waals surface area contributed by atoms with E-state index in [0.717, 1.165) is 85.4 Å². The average Bonchev–Trinajstić information content (AvgIpc) is 3.14. The van der Waals surface area contributed by atoms with E-state index in [4.69, 9.17) is 4.74 Å². The number of fused-ring (bicyclic) bond motifs is 1. The Morgan fingerprint density at radius 1 is 1.00 bits per heavy atom. The molecule has 0 atom stereocenters. The predicted molar refractivity (Wildman–Crippen MR) is 138 cm³/mol. The molecule has 35 heavy (non-hydrogen) atoms. The topological polar surface area (TPSA) is 82.3 Å². The summed E-state index contributed by atoms with van der Waals surface area (Å²) in [4.78, 5) is 14.6. The first-order chi connectivity index (χ1) is 17.2. The second-order valence-electron chi connectivity index (χ2n) is 9.89. The van der Waals surface area contributed by atoms with Crippen molar-refractivity contribution in [1.29, 1.82) is 5.26 Å². The molecule has 2 heterocycles. The molecule has 2 saturated carbocycles. The molecule has 180 valence electrons. The average molecular weight is 470 g/mol. The Bertz CT molecular complexity index is 1280. The van der Waals surface area contributed by atoms with Gasteiger partial charge in [-0.1, -0.05) is 12.1 Å². The number of anilines is 2. The summed E-state index contributed by atoms with van der Waals surface area (Å²) < 4.78 is 7.93. The van der Waals surface area contributed by atoms with Crippen molar-refractivity contribution in [3.05, 3.63) is 48.0 Å². The lowest BCUT2D eigenvalue weighted by molar-refractivity contribution is 0.122. The zero-order chi connectivity index (χ0) is 23.8. The third-order valence-electron chi connectivity index (χ3n) is 7.77. The molecule has 1 saturated heterocycles. The SMILES string of the molecule is N#Cc1c(-c2ccc(NC(=O)NC3CCC3)cc2)n(C2CCC2)c2cc(N3CCOCC3)ccc12. The second kappa shape index (κ2) is 9.27. The van der Waals surface area contributed by atoms with E-state index in [2.05, 4.69) is 44.4 Å². The number of ether oxygens (including phenoxy) is 1. The Labute approximate surface area is 205 Å². The van der Waals surface area contributed by atoms with E-state index < -0.39 is 0 Å². The molecule has 2 amide bonds. The fraction of sp³-hybridized carbons (Fsp3) is 0.429. The molecule has 0 spiro atoms. The van der Waals surface area contributed by atoms with Crippen LogP contribution in [0.25, 0.3) is 22.2 Å². The van der Waals surface area contributed by atoms with Crippen LogP contribution < -0.4 is 15.5 Å². The summed E-state index contributed by atoms with van der Waals surface area (Å²) in [6.45, 7) is 3.26. The van der Waals surface area contributed by atoms with E-state index in [-0.39, 0.29) is 6.03 Å². The maximum Gasteiger partial charge on any atom is 0.319 e. The first kappa shape index (κ1) is 22.0. The van der Waals surface area contributed by atoms with Crippen LogP contribution >= 0.6 is 0 Å². The van der Waals surface area contributed by atoms with Crippen molar-refractivity contribution in [2.45, 2.75) is 50.6 Å². The highest BCUT2D eigenvalue weighted by atomic mass is 16.5. The van der Waals surface area contributed by atoms with Crippen LogP contribution in [-0.2, 0) is 4.74 Å². The van der Waals surface area contributed by atoms with Gasteiger partial charge < -0.3 is 24.8 Å². The monoisotopic (exact) mass is 469 g/mol. The molecule has 7 nitrogen and oxygen atoms in total. The quantitative estimate of drug-likeness (QED) is 0.523. The molecule has 6 rings (SSSR count). The maximum atomic E-state index is 12.3. The van der Waals surface area contributed by atoms with Crippen LogP contribution in [0.5, 0.6) is 0 Å². The number of amides is 2. The molecule has 2 aliphatic carbocycles. The standard InChI is InChI=1S/C28H31N5O2/c29-18-25-24-12-11-23(32-13-15-35-16-14-32)17-26(24)33(22-5-2-6-22)27(25)19-7-9-21(10-8-19)31-28(34)30-20-3-1-4-20/h7-12,17,20,22H,1-6,13-16H2,(H2,30,31,34). The van der Waals surface area contributed by atoms with Crippen LogP contribution in [0.4, 0.5) is 16.2 Å². The molecule has 1 aliphatic heterocycles. The highest BCUT2D eigenvalue weighted by Gasteiger charge is 2.28. The number of morpholine rings is 1. The van der Waals surface area contributed by atoms with Crippen molar-refractivity contribution in [2.75, 3.05) is 36.5 Å². The van der Waals surface area contributed by atoms with Gasteiger partial charge in [0.05, 0.1) is 30.0 Å². The van der Waals surface area contributed by atoms with Gasteiger partial charge in [-0.2, -0.15) is 5.26 Å². The highest BCUT2D eigenvalue weighted by Crippen LogP contribution is 2.43. The fourth-order valence-electron chi connectivity index (χ4n) is 5.35. The summed E-state index contributed by atoms with van der Waals surface area (Å²) in [6, 6.07) is 17.5. The van der Waals surface area contributed by atoms with Gasteiger partial charge in [0.25, 0.3) is 0 Å². The zero-order valence-corrected chi connectivity index (χ0v) is 19.9. The minimum atomic E-state index is -0.153. The molecule has 3 aliphatic rings. The van der Waals surface area contributed by atoms with Crippen molar-refractivity contribution in [3.8, 4) is 17.3 Å². The van der Waals surface area contributed by atoms with Crippen molar-refractivity contribution in [3.63, 3.8) is 0 Å². The minimum absolute atomic E-state index is 0.153. The van der Waals surface area contributed by atoms with Gasteiger partial charge in [-0.3, -0.25) is 0 Å². The number of nitriles is 1. The molecule has 3 aromatic rings. The number of nitrogens with zero attached hydrogens (tertiary/aromatic N) is 3. The lowest BCUT2D eigenvalue weighted by Gasteiger charge is -2.31. The van der Waals surface area contributed by atoms with E-state index in [1.165, 1.54) is 18.5 Å². The summed E-state index contributed by atoms with van der Waals surface area (Å²) in [5, 5.41) is 17.2. The Hall–Kier alpha value is -3.50. The molecule has 0 unspecified atom stereocenters. The zero-order valence-electron chi connectivity index (χ0n) is 19.9. The number of aromatic nitrogens is 1. The summed E-state index contributed by atoms with van der Waals surface area (Å²) >= 11 is 0. The van der Waals surface area contributed by atoms with Crippen molar-refractivity contribution in [1.82, 2.24) is 9.88 Å². The molecule has 2 aromatic carbocycles. The van der Waals surface area contributed by atoms with E-state index in [0.29, 0.717) is 12.1 Å². The van der Waals surface area contributed by atoms with Crippen LogP contribution in [0, 0.1) is 11.3 Å². The summed E-state index contributed by atoms with van der Waals surface area (Å²) in [7, 11) is 0. The van der Waals surface area contributed by atoms with Crippen LogP contribution in [0.3, 0.4) is 0 Å². The van der Waals surface area contributed by atoms with Gasteiger partial charge in [-0.05, 0) is 74.4 Å². The van der Waals surface area contributed by atoms with Gasteiger partial charge in [-0.25, -0.2) is 4.79 Å². The molecular weight excluding hydrogens is 438 g/mol. The molecule has 2 N–H and O–H groups in total. The predicted octanol–water partition coefficient (Wildman–Crippen LogP) is 5.42. The van der Waals surface area contributed by atoms with Crippen LogP contribution in [-0.4, -0.2) is 42.9 Å². The molecule has 1 aromatic heterocycles. The third kappa shape index (κ3) is 4.12. The third-order valence-corrected chi connectivity index (χ3v) is 7.77. The molecule has 0 radical (unpaired) electrons. The smallest absolute Gasteiger partial charge is 0.319 e. The Morgan fingerprint density at radius 2 is 1.74 bits per heavy atom. The summed E-state index contributed by atoms with van der Waals surface area (Å²) in [5.41, 5.74) is 5.78. The molecule has 3 fully saturated rings. The van der Waals surface area contributed by atoms with E-state index in [9.17, 15) is 10.1 Å². The summed E-state index contributed by atoms with van der Waals surface area (Å²) in [5.74, 6) is 0. The Balaban J connectivity index is 1.36. The fourth-order valence-corrected chi connectivity index (χ4v) is 5.35. The lowest BCUT2D eigenvalue weighted by Crippen LogP contribution is -2.41. The van der Waals surface area contributed by atoms with Gasteiger partial charge in [0.15, 0.2) is 0 Å². The molecule has 0 bridgehead atoms. The van der Waals surface area contributed by atoms with Crippen LogP contribution in [0.1, 0.15) is 50.1 Å². The number of hydrogen-bond donors (Lipinski definition) is 2. The number of carbonyl (C=O) groups is 1. The van der Waals surface area contributed by atoms with Crippen molar-refractivity contribution >= 4 is 28.3 Å². The van der Waals surface area contributed by atoms with Gasteiger partial charge in [0.2, 0.25) is 0 Å². The minimum Gasteiger partial charge on any atom is -0.378 e. The maximum absolute atomic E-state index is 12.3. The van der Waals surface area contributed by atoms with Crippen molar-refractivity contribution in [2.24, 2.45) is 0 Å². The molecular formula is C28H31N5O2. The van der Waals surface area contributed by atoms with Crippen molar-refractivity contribution < 1.29 is 9.53 Å². The van der Waals surface area contributed by atoms with Crippen LogP contribution in [0.15, 0.2) is 42.5 Å². The first-order valence-corrected chi connectivity index (χ1v) is 12.8. The van der Waals surface area contributed by atoms with Gasteiger partial charge in [0, 0.05) is 41.9 Å². The van der Waals surface area contributed by atoms with Gasteiger partial charge in [0.1, 0.15) is 6.07 Å². The van der Waals surface area contributed by atoms with E-state index in [1.807, 2.05) is 24.3 Å². The Morgan fingerprint density at radius 3 is 2.37 bits per heavy atom. The largest absolute Gasteiger partial charge is 0.378 e. The number of rotatable bonds is 5. The Kier molecular flexibility index (Phi) is 5.83. The number of nitrogens with one attached hydrogen (secondary N) is 2. The number of urea groups is 1. The van der Waals surface area contributed by atoms with Gasteiger partial charge in [-0.15, -0.1) is 0 Å². The van der Waals surface area contributed by atoms with Crippen LogP contribution in [0.2, 0.25) is 0 Å². The highest BCUT2D eigenvalue weighted by molar-refractivity contribution is 5.97. The summed E-state index contributed by atoms with van der Waals surface area (Å²) in [6.07, 6.45) is 6.77. The van der Waals surface area contributed by atoms with Gasteiger partial charge >= 0.3 is 6.03 Å². The number of carbonyl (C=O) groups excluding carboxylic acids is 1. The number of benzene rings is 2. The van der Waals surface area contributed by atoms with E-state index in [1.54, 1.807) is 0 Å². The normalized spacial score (nSPS) is 18.5.